The zero-order valence-corrected chi connectivity index (χ0v) is 17.1. The highest BCUT2D eigenvalue weighted by atomic mass is 16.5. The fourth-order valence-corrected chi connectivity index (χ4v) is 2.94. The number of nitrogens with one attached hydrogen (secondary N) is 2. The SMILES string of the molecule is Cc1cccc(OCCNC(=O)C(CC(C)C)NC(=O)c2ccccc2C)c1. The molecule has 0 aliphatic carbocycles. The van der Waals surface area contributed by atoms with Gasteiger partial charge in [-0.15, -0.1) is 0 Å². The number of amides is 2. The molecule has 2 rings (SSSR count). The highest BCUT2D eigenvalue weighted by Crippen LogP contribution is 2.12. The van der Waals surface area contributed by atoms with E-state index in [2.05, 4.69) is 10.6 Å². The lowest BCUT2D eigenvalue weighted by atomic mass is 10.0. The van der Waals surface area contributed by atoms with Gasteiger partial charge < -0.3 is 15.4 Å². The van der Waals surface area contributed by atoms with Crippen LogP contribution in [0.4, 0.5) is 0 Å². The molecular formula is C23H30N2O3. The van der Waals surface area contributed by atoms with Crippen LogP contribution < -0.4 is 15.4 Å². The molecule has 0 aromatic heterocycles. The van der Waals surface area contributed by atoms with Crippen molar-refractivity contribution in [1.82, 2.24) is 10.6 Å². The summed E-state index contributed by atoms with van der Waals surface area (Å²) in [5.41, 5.74) is 2.60. The lowest BCUT2D eigenvalue weighted by Gasteiger charge is -2.21. The zero-order chi connectivity index (χ0) is 20.5. The van der Waals surface area contributed by atoms with Gasteiger partial charge >= 0.3 is 0 Å². The minimum atomic E-state index is -0.578. The monoisotopic (exact) mass is 382 g/mol. The Hall–Kier alpha value is -2.82. The van der Waals surface area contributed by atoms with Crippen molar-refractivity contribution in [3.05, 3.63) is 65.2 Å². The Kier molecular flexibility index (Phi) is 8.05. The molecule has 1 atom stereocenters. The van der Waals surface area contributed by atoms with Gasteiger partial charge in [-0.25, -0.2) is 0 Å². The lowest BCUT2D eigenvalue weighted by Crippen LogP contribution is -2.48. The van der Waals surface area contributed by atoms with Crippen LogP contribution in [0, 0.1) is 19.8 Å². The van der Waals surface area contributed by atoms with E-state index in [4.69, 9.17) is 4.74 Å². The summed E-state index contributed by atoms with van der Waals surface area (Å²) in [6, 6.07) is 14.6. The van der Waals surface area contributed by atoms with Crippen molar-refractivity contribution in [1.29, 1.82) is 0 Å². The number of aryl methyl sites for hydroxylation is 2. The Bertz CT molecular complexity index is 802. The van der Waals surface area contributed by atoms with E-state index in [9.17, 15) is 9.59 Å². The number of hydrogen-bond acceptors (Lipinski definition) is 3. The van der Waals surface area contributed by atoms with Gasteiger partial charge in [-0.05, 0) is 55.5 Å². The normalized spacial score (nSPS) is 11.8. The van der Waals surface area contributed by atoms with Crippen LogP contribution in [0.25, 0.3) is 0 Å². The van der Waals surface area contributed by atoms with Gasteiger partial charge in [0.1, 0.15) is 18.4 Å². The Morgan fingerprint density at radius 1 is 1.04 bits per heavy atom. The Morgan fingerprint density at radius 2 is 1.79 bits per heavy atom. The average molecular weight is 383 g/mol. The number of rotatable bonds is 9. The number of carbonyl (C=O) groups is 2. The first-order valence-electron chi connectivity index (χ1n) is 9.70. The van der Waals surface area contributed by atoms with Crippen LogP contribution in [-0.4, -0.2) is 31.0 Å². The fourth-order valence-electron chi connectivity index (χ4n) is 2.94. The molecule has 1 unspecified atom stereocenters. The molecule has 5 heteroatoms. The molecule has 2 aromatic rings. The first-order chi connectivity index (χ1) is 13.4. The lowest BCUT2D eigenvalue weighted by molar-refractivity contribution is -0.123. The van der Waals surface area contributed by atoms with Crippen LogP contribution in [0.5, 0.6) is 5.75 Å². The second-order valence-corrected chi connectivity index (χ2v) is 7.43. The fraction of sp³-hybridized carbons (Fsp3) is 0.391. The molecule has 0 saturated heterocycles. The van der Waals surface area contributed by atoms with Gasteiger partial charge in [0.15, 0.2) is 0 Å². The first-order valence-corrected chi connectivity index (χ1v) is 9.70. The number of benzene rings is 2. The molecule has 0 heterocycles. The van der Waals surface area contributed by atoms with Crippen LogP contribution in [0.2, 0.25) is 0 Å². The summed E-state index contributed by atoms with van der Waals surface area (Å²) in [5.74, 6) is 0.635. The standard InChI is InChI=1S/C23H30N2O3/c1-16(2)14-21(25-22(26)20-11-6-5-9-18(20)4)23(27)24-12-13-28-19-10-7-8-17(3)15-19/h5-11,15-16,21H,12-14H2,1-4H3,(H,24,27)(H,25,26). The summed E-state index contributed by atoms with van der Waals surface area (Å²) in [5, 5.41) is 5.75. The van der Waals surface area contributed by atoms with E-state index in [1.165, 1.54) is 0 Å². The third-order valence-electron chi connectivity index (χ3n) is 4.38. The quantitative estimate of drug-likeness (QED) is 0.651. The Labute approximate surface area is 167 Å². The summed E-state index contributed by atoms with van der Waals surface area (Å²) in [6.45, 7) is 8.69. The largest absolute Gasteiger partial charge is 0.492 e. The number of ether oxygens (including phenoxy) is 1. The number of hydrogen-bond donors (Lipinski definition) is 2. The third kappa shape index (κ3) is 6.72. The van der Waals surface area contributed by atoms with E-state index in [-0.39, 0.29) is 17.7 Å². The van der Waals surface area contributed by atoms with Crippen molar-refractivity contribution in [3.8, 4) is 5.75 Å². The van der Waals surface area contributed by atoms with Crippen LogP contribution in [0.1, 0.15) is 41.8 Å². The summed E-state index contributed by atoms with van der Waals surface area (Å²) in [7, 11) is 0. The van der Waals surface area contributed by atoms with E-state index in [0.29, 0.717) is 25.1 Å². The minimum Gasteiger partial charge on any atom is -0.492 e. The minimum absolute atomic E-state index is 0.191. The average Bonchev–Trinajstić information content (AvgIpc) is 2.64. The molecule has 2 N–H and O–H groups in total. The smallest absolute Gasteiger partial charge is 0.252 e. The van der Waals surface area contributed by atoms with E-state index in [1.807, 2.05) is 70.2 Å². The summed E-state index contributed by atoms with van der Waals surface area (Å²) in [6.07, 6.45) is 0.572. The highest BCUT2D eigenvalue weighted by Gasteiger charge is 2.22. The molecular weight excluding hydrogens is 352 g/mol. The molecule has 0 saturated carbocycles. The molecule has 0 fully saturated rings. The van der Waals surface area contributed by atoms with Crippen LogP contribution in [0.3, 0.4) is 0 Å². The van der Waals surface area contributed by atoms with Gasteiger partial charge in [-0.2, -0.15) is 0 Å². The molecule has 150 valence electrons. The molecule has 28 heavy (non-hydrogen) atoms. The predicted molar refractivity (Wildman–Crippen MR) is 112 cm³/mol. The van der Waals surface area contributed by atoms with Crippen LogP contribution >= 0.6 is 0 Å². The van der Waals surface area contributed by atoms with E-state index in [0.717, 1.165) is 16.9 Å². The second-order valence-electron chi connectivity index (χ2n) is 7.43. The summed E-state index contributed by atoms with van der Waals surface area (Å²) < 4.78 is 5.66. The first kappa shape index (κ1) is 21.5. The van der Waals surface area contributed by atoms with Gasteiger partial charge in [0.2, 0.25) is 5.91 Å². The van der Waals surface area contributed by atoms with Crippen LogP contribution in [-0.2, 0) is 4.79 Å². The van der Waals surface area contributed by atoms with Gasteiger partial charge in [0, 0.05) is 5.56 Å². The maximum Gasteiger partial charge on any atom is 0.252 e. The van der Waals surface area contributed by atoms with Crippen molar-refractivity contribution in [3.63, 3.8) is 0 Å². The summed E-state index contributed by atoms with van der Waals surface area (Å²) >= 11 is 0. The molecule has 0 aliphatic heterocycles. The Morgan fingerprint density at radius 3 is 2.46 bits per heavy atom. The Balaban J connectivity index is 1.89. The molecule has 2 aromatic carbocycles. The van der Waals surface area contributed by atoms with Gasteiger partial charge in [-0.1, -0.05) is 44.2 Å². The van der Waals surface area contributed by atoms with Crippen molar-refractivity contribution >= 4 is 11.8 Å². The van der Waals surface area contributed by atoms with Crippen molar-refractivity contribution < 1.29 is 14.3 Å². The predicted octanol–water partition coefficient (Wildman–Crippen LogP) is 3.64. The molecule has 0 aliphatic rings. The topological polar surface area (TPSA) is 67.4 Å². The number of carbonyl (C=O) groups excluding carboxylic acids is 2. The molecule has 0 radical (unpaired) electrons. The van der Waals surface area contributed by atoms with E-state index in [1.54, 1.807) is 6.07 Å². The summed E-state index contributed by atoms with van der Waals surface area (Å²) in [4.78, 5) is 25.2. The van der Waals surface area contributed by atoms with Gasteiger partial charge in [0.25, 0.3) is 5.91 Å². The highest BCUT2D eigenvalue weighted by molar-refractivity contribution is 5.98. The maximum atomic E-state index is 12.6. The molecule has 2 amide bonds. The molecule has 0 spiro atoms. The van der Waals surface area contributed by atoms with Crippen molar-refractivity contribution in [2.75, 3.05) is 13.2 Å². The van der Waals surface area contributed by atoms with Crippen molar-refractivity contribution in [2.45, 2.75) is 40.2 Å². The van der Waals surface area contributed by atoms with Gasteiger partial charge in [0.05, 0.1) is 6.54 Å². The molecule has 0 bridgehead atoms. The zero-order valence-electron chi connectivity index (χ0n) is 17.1. The second kappa shape index (κ2) is 10.5. The molecule has 5 nitrogen and oxygen atoms in total. The van der Waals surface area contributed by atoms with Crippen LogP contribution in [0.15, 0.2) is 48.5 Å². The van der Waals surface area contributed by atoms with E-state index >= 15 is 0 Å². The van der Waals surface area contributed by atoms with Gasteiger partial charge in [-0.3, -0.25) is 9.59 Å². The van der Waals surface area contributed by atoms with E-state index < -0.39 is 6.04 Å². The third-order valence-corrected chi connectivity index (χ3v) is 4.38. The van der Waals surface area contributed by atoms with Crippen molar-refractivity contribution in [2.24, 2.45) is 5.92 Å². The maximum absolute atomic E-state index is 12.6.